The van der Waals surface area contributed by atoms with E-state index in [1.54, 1.807) is 41.2 Å². The molecule has 0 bridgehead atoms. The van der Waals surface area contributed by atoms with Crippen LogP contribution in [0.15, 0.2) is 53.6 Å². The maximum Gasteiger partial charge on any atom is 0.346 e. The molecule has 2 N–H and O–H groups in total. The fourth-order valence-electron chi connectivity index (χ4n) is 2.94. The van der Waals surface area contributed by atoms with E-state index in [0.29, 0.717) is 16.5 Å². The van der Waals surface area contributed by atoms with Gasteiger partial charge in [0.2, 0.25) is 0 Å². The third kappa shape index (κ3) is 4.07. The van der Waals surface area contributed by atoms with Crippen molar-refractivity contribution in [2.75, 3.05) is 11.9 Å². The summed E-state index contributed by atoms with van der Waals surface area (Å²) in [6, 6.07) is 10.4. The van der Waals surface area contributed by atoms with Crippen LogP contribution < -0.4 is 16.3 Å². The largest absolute Gasteiger partial charge is 0.346 e. The molecule has 0 aliphatic heterocycles. The van der Waals surface area contributed by atoms with E-state index >= 15 is 0 Å². The molecule has 0 spiro atoms. The Hall–Kier alpha value is -3.13. The summed E-state index contributed by atoms with van der Waals surface area (Å²) in [7, 11) is 0. The predicted molar refractivity (Wildman–Crippen MR) is 106 cm³/mol. The Morgan fingerprint density at radius 2 is 2.11 bits per heavy atom. The number of benzene rings is 1. The summed E-state index contributed by atoms with van der Waals surface area (Å²) in [6.45, 7) is 0.537. The molecule has 0 unspecified atom stereocenters. The predicted octanol–water partition coefficient (Wildman–Crippen LogP) is 2.92. The van der Waals surface area contributed by atoms with Crippen LogP contribution in [0.25, 0.3) is 11.4 Å². The van der Waals surface area contributed by atoms with E-state index in [4.69, 9.17) is 11.6 Å². The lowest BCUT2D eigenvalue weighted by Crippen LogP contribution is -2.34. The SMILES string of the molecule is O=C(NCCn1nc(-c2cccnc2)n(C2CC2)c1=O)Nc1cccc(Cl)c1. The van der Waals surface area contributed by atoms with Gasteiger partial charge in [-0.1, -0.05) is 17.7 Å². The average molecular weight is 399 g/mol. The Bertz CT molecular complexity index is 1040. The van der Waals surface area contributed by atoms with E-state index < -0.39 is 0 Å². The first-order valence-electron chi connectivity index (χ1n) is 9.02. The molecule has 8 nitrogen and oxygen atoms in total. The topological polar surface area (TPSA) is 93.8 Å². The van der Waals surface area contributed by atoms with Crippen molar-refractivity contribution in [3.63, 3.8) is 0 Å². The standard InChI is InChI=1S/C19H19ClN6O2/c20-14-4-1-5-15(11-14)23-18(27)22-9-10-25-19(28)26(16-6-7-16)17(24-25)13-3-2-8-21-12-13/h1-5,8,11-12,16H,6-7,9-10H2,(H2,22,23,27). The minimum atomic E-state index is -0.371. The lowest BCUT2D eigenvalue weighted by atomic mass is 10.3. The smallest absolute Gasteiger partial charge is 0.336 e. The van der Waals surface area contributed by atoms with Crippen LogP contribution in [-0.4, -0.2) is 31.9 Å². The van der Waals surface area contributed by atoms with Crippen LogP contribution in [0.4, 0.5) is 10.5 Å². The molecule has 3 aromatic rings. The Labute approximate surface area is 166 Å². The third-order valence-corrected chi connectivity index (χ3v) is 4.63. The third-order valence-electron chi connectivity index (χ3n) is 4.39. The van der Waals surface area contributed by atoms with Crippen molar-refractivity contribution < 1.29 is 4.79 Å². The molecule has 2 heterocycles. The molecule has 144 valence electrons. The molecular formula is C19H19ClN6O2. The molecule has 0 radical (unpaired) electrons. The Kier molecular flexibility index (Phi) is 5.12. The number of nitrogens with zero attached hydrogens (tertiary/aromatic N) is 4. The molecule has 2 aromatic heterocycles. The van der Waals surface area contributed by atoms with Gasteiger partial charge in [-0.15, -0.1) is 5.10 Å². The molecule has 4 rings (SSSR count). The number of carbonyl (C=O) groups is 1. The summed E-state index contributed by atoms with van der Waals surface area (Å²) in [5, 5.41) is 10.4. The lowest BCUT2D eigenvalue weighted by Gasteiger charge is -2.07. The minimum Gasteiger partial charge on any atom is -0.336 e. The van der Waals surface area contributed by atoms with Gasteiger partial charge < -0.3 is 10.6 Å². The Morgan fingerprint density at radius 3 is 2.82 bits per heavy atom. The van der Waals surface area contributed by atoms with Crippen LogP contribution in [-0.2, 0) is 6.54 Å². The normalized spacial score (nSPS) is 13.3. The summed E-state index contributed by atoms with van der Waals surface area (Å²) >= 11 is 5.90. The first-order valence-corrected chi connectivity index (χ1v) is 9.40. The van der Waals surface area contributed by atoms with Crippen molar-refractivity contribution in [1.29, 1.82) is 0 Å². The van der Waals surface area contributed by atoms with E-state index in [-0.39, 0.29) is 30.9 Å². The molecule has 1 aliphatic carbocycles. The van der Waals surface area contributed by atoms with Crippen molar-refractivity contribution >= 4 is 23.3 Å². The molecule has 9 heteroatoms. The van der Waals surface area contributed by atoms with Crippen molar-refractivity contribution in [3.8, 4) is 11.4 Å². The first-order chi connectivity index (χ1) is 13.6. The maximum atomic E-state index is 12.7. The van der Waals surface area contributed by atoms with Gasteiger partial charge >= 0.3 is 11.7 Å². The zero-order valence-corrected chi connectivity index (χ0v) is 15.8. The fourth-order valence-corrected chi connectivity index (χ4v) is 3.13. The molecule has 28 heavy (non-hydrogen) atoms. The van der Waals surface area contributed by atoms with E-state index in [0.717, 1.165) is 18.4 Å². The van der Waals surface area contributed by atoms with Crippen molar-refractivity contribution in [2.24, 2.45) is 0 Å². The molecule has 2 amide bonds. The van der Waals surface area contributed by atoms with Gasteiger partial charge in [-0.25, -0.2) is 14.3 Å². The van der Waals surface area contributed by atoms with E-state index in [1.807, 2.05) is 12.1 Å². The van der Waals surface area contributed by atoms with E-state index in [1.165, 1.54) is 4.68 Å². The van der Waals surface area contributed by atoms with Gasteiger partial charge in [-0.3, -0.25) is 9.55 Å². The van der Waals surface area contributed by atoms with Crippen molar-refractivity contribution in [3.05, 3.63) is 64.3 Å². The van der Waals surface area contributed by atoms with Crippen molar-refractivity contribution in [2.45, 2.75) is 25.4 Å². The maximum absolute atomic E-state index is 12.7. The number of hydrogen-bond donors (Lipinski definition) is 2. The number of halogens is 1. The highest BCUT2D eigenvalue weighted by molar-refractivity contribution is 6.30. The van der Waals surface area contributed by atoms with E-state index in [2.05, 4.69) is 20.7 Å². The van der Waals surface area contributed by atoms with Gasteiger partial charge in [0.25, 0.3) is 0 Å². The molecular weight excluding hydrogens is 380 g/mol. The van der Waals surface area contributed by atoms with Crippen LogP contribution in [0.3, 0.4) is 0 Å². The molecule has 1 saturated carbocycles. The Morgan fingerprint density at radius 1 is 1.25 bits per heavy atom. The zero-order valence-electron chi connectivity index (χ0n) is 15.0. The summed E-state index contributed by atoms with van der Waals surface area (Å²) < 4.78 is 3.11. The van der Waals surface area contributed by atoms with Gasteiger partial charge in [0.1, 0.15) is 0 Å². The first kappa shape index (κ1) is 18.2. The Balaban J connectivity index is 1.42. The fraction of sp³-hybridized carbons (Fsp3) is 0.263. The average Bonchev–Trinajstić information content (AvgIpc) is 3.47. The number of nitrogens with one attached hydrogen (secondary N) is 2. The van der Waals surface area contributed by atoms with Gasteiger partial charge in [0, 0.05) is 41.3 Å². The number of carbonyl (C=O) groups excluding carboxylic acids is 1. The van der Waals surface area contributed by atoms with Gasteiger partial charge in [0.15, 0.2) is 5.82 Å². The number of pyridine rings is 1. The second-order valence-electron chi connectivity index (χ2n) is 6.56. The number of anilines is 1. The molecule has 1 fully saturated rings. The number of aromatic nitrogens is 4. The van der Waals surface area contributed by atoms with Crippen LogP contribution >= 0.6 is 11.6 Å². The molecule has 0 saturated heterocycles. The number of rotatable bonds is 6. The second-order valence-corrected chi connectivity index (χ2v) is 7.00. The zero-order chi connectivity index (χ0) is 19.5. The monoisotopic (exact) mass is 398 g/mol. The van der Waals surface area contributed by atoms with Crippen molar-refractivity contribution in [1.82, 2.24) is 24.6 Å². The second kappa shape index (κ2) is 7.85. The highest BCUT2D eigenvalue weighted by Crippen LogP contribution is 2.36. The number of urea groups is 1. The van der Waals surface area contributed by atoms with Gasteiger partial charge in [-0.2, -0.15) is 0 Å². The minimum absolute atomic E-state index is 0.168. The summed E-state index contributed by atoms with van der Waals surface area (Å²) in [5.74, 6) is 0.615. The van der Waals surface area contributed by atoms with Crippen LogP contribution in [0, 0.1) is 0 Å². The van der Waals surface area contributed by atoms with Crippen LogP contribution in [0.5, 0.6) is 0 Å². The number of hydrogen-bond acceptors (Lipinski definition) is 4. The quantitative estimate of drug-likeness (QED) is 0.667. The highest BCUT2D eigenvalue weighted by Gasteiger charge is 2.30. The van der Waals surface area contributed by atoms with Crippen LogP contribution in [0.2, 0.25) is 5.02 Å². The van der Waals surface area contributed by atoms with Gasteiger partial charge in [-0.05, 0) is 43.2 Å². The summed E-state index contributed by atoms with van der Waals surface area (Å²) in [4.78, 5) is 28.9. The molecule has 0 atom stereocenters. The number of amides is 2. The highest BCUT2D eigenvalue weighted by atomic mass is 35.5. The van der Waals surface area contributed by atoms with E-state index in [9.17, 15) is 9.59 Å². The van der Waals surface area contributed by atoms with Gasteiger partial charge in [0.05, 0.1) is 6.54 Å². The summed E-state index contributed by atoms with van der Waals surface area (Å²) in [6.07, 6.45) is 5.32. The lowest BCUT2D eigenvalue weighted by molar-refractivity contribution is 0.251. The summed E-state index contributed by atoms with van der Waals surface area (Å²) in [5.41, 5.74) is 1.23. The van der Waals surface area contributed by atoms with Crippen LogP contribution in [0.1, 0.15) is 18.9 Å². The molecule has 1 aromatic carbocycles. The molecule has 1 aliphatic rings.